The van der Waals surface area contributed by atoms with Crippen molar-refractivity contribution in [1.29, 1.82) is 0 Å². The fourth-order valence-corrected chi connectivity index (χ4v) is 4.43. The summed E-state index contributed by atoms with van der Waals surface area (Å²) in [6, 6.07) is 16.8. The number of hydrazone groups is 1. The van der Waals surface area contributed by atoms with E-state index in [1.807, 2.05) is 18.2 Å². The van der Waals surface area contributed by atoms with Crippen molar-refractivity contribution in [1.82, 2.24) is 5.43 Å². The molecule has 3 aromatic rings. The van der Waals surface area contributed by atoms with Crippen molar-refractivity contribution in [2.45, 2.75) is 46.5 Å². The molecule has 0 spiro atoms. The topological polar surface area (TPSA) is 73.1 Å². The zero-order chi connectivity index (χ0) is 25.6. The van der Waals surface area contributed by atoms with Crippen LogP contribution in [0.1, 0.15) is 52.4 Å². The van der Waals surface area contributed by atoms with Crippen LogP contribution in [0.3, 0.4) is 0 Å². The summed E-state index contributed by atoms with van der Waals surface area (Å²) in [6.45, 7) is 11.1. The Balaban J connectivity index is 1.49. The molecule has 0 fully saturated rings. The van der Waals surface area contributed by atoms with E-state index >= 15 is 0 Å². The number of carbonyl (C=O) groups excluding carboxylic acids is 1. The lowest BCUT2D eigenvalue weighted by molar-refractivity contribution is -0.123. The molecule has 0 atom stereocenters. The average molecular weight is 497 g/mol. The van der Waals surface area contributed by atoms with E-state index in [2.05, 4.69) is 57.3 Å². The van der Waals surface area contributed by atoms with E-state index < -0.39 is 0 Å². The molecule has 6 nitrogen and oxygen atoms in total. The second-order valence-electron chi connectivity index (χ2n) is 10.3. The lowest BCUT2D eigenvalue weighted by Crippen LogP contribution is -2.25. The molecule has 186 valence electrons. The lowest BCUT2D eigenvalue weighted by Gasteiger charge is -2.33. The maximum Gasteiger partial charge on any atom is 0.277 e. The van der Waals surface area contributed by atoms with Gasteiger partial charge in [-0.3, -0.25) is 4.79 Å². The van der Waals surface area contributed by atoms with Crippen LogP contribution in [0.2, 0.25) is 5.02 Å². The van der Waals surface area contributed by atoms with Gasteiger partial charge in [0.15, 0.2) is 6.61 Å². The minimum Gasteiger partial charge on any atom is -0.495 e. The molecule has 1 N–H and O–H groups in total. The zero-order valence-electron chi connectivity index (χ0n) is 21.1. The Morgan fingerprint density at radius 3 is 2.40 bits per heavy atom. The summed E-state index contributed by atoms with van der Waals surface area (Å²) in [6.07, 6.45) is 2.49. The normalized spacial score (nSPS) is 12.1. The van der Waals surface area contributed by atoms with Crippen LogP contribution in [0, 0.1) is 5.41 Å². The van der Waals surface area contributed by atoms with Crippen LogP contribution < -0.4 is 14.9 Å². The van der Waals surface area contributed by atoms with Crippen LogP contribution in [0.25, 0.3) is 11.3 Å². The zero-order valence-corrected chi connectivity index (χ0v) is 21.9. The number of hydrogen-bond acceptors (Lipinski definition) is 5. The number of nitrogens with zero attached hydrogens (tertiary/aromatic N) is 1. The molecule has 0 unspecified atom stereocenters. The first-order valence-electron chi connectivity index (χ1n) is 11.5. The second kappa shape index (κ2) is 11.0. The molecule has 1 aromatic heterocycles. The van der Waals surface area contributed by atoms with Crippen molar-refractivity contribution in [3.05, 3.63) is 70.9 Å². The van der Waals surface area contributed by atoms with Crippen LogP contribution in [0.5, 0.6) is 11.5 Å². The predicted molar refractivity (Wildman–Crippen MR) is 140 cm³/mol. The highest BCUT2D eigenvalue weighted by Crippen LogP contribution is 2.36. The van der Waals surface area contributed by atoms with Gasteiger partial charge in [-0.25, -0.2) is 5.43 Å². The van der Waals surface area contributed by atoms with E-state index in [4.69, 9.17) is 25.5 Å². The van der Waals surface area contributed by atoms with Gasteiger partial charge < -0.3 is 13.9 Å². The highest BCUT2D eigenvalue weighted by Gasteiger charge is 2.27. The number of carbonyl (C=O) groups is 1. The molecule has 0 aliphatic heterocycles. The van der Waals surface area contributed by atoms with E-state index in [0.717, 1.165) is 12.0 Å². The number of hydrogen-bond donors (Lipinski definition) is 1. The molecule has 1 heterocycles. The van der Waals surface area contributed by atoms with Gasteiger partial charge in [-0.2, -0.15) is 5.10 Å². The Bertz CT molecular complexity index is 1170. The van der Waals surface area contributed by atoms with Crippen LogP contribution >= 0.6 is 11.6 Å². The highest BCUT2D eigenvalue weighted by molar-refractivity contribution is 6.32. The minimum atomic E-state index is -0.368. The molecule has 0 bridgehead atoms. The molecule has 0 saturated heterocycles. The van der Waals surface area contributed by atoms with Crippen molar-refractivity contribution in [2.75, 3.05) is 13.7 Å². The first kappa shape index (κ1) is 26.4. The first-order valence-corrected chi connectivity index (χ1v) is 11.8. The molecular weight excluding hydrogens is 464 g/mol. The number of furan rings is 1. The van der Waals surface area contributed by atoms with Crippen LogP contribution in [-0.4, -0.2) is 25.8 Å². The van der Waals surface area contributed by atoms with Crippen molar-refractivity contribution in [3.63, 3.8) is 0 Å². The molecule has 0 radical (unpaired) electrons. The average Bonchev–Trinajstić information content (AvgIpc) is 3.25. The molecular formula is C28H33ClN2O4. The van der Waals surface area contributed by atoms with Crippen LogP contribution in [-0.2, 0) is 10.2 Å². The van der Waals surface area contributed by atoms with E-state index in [0.29, 0.717) is 28.0 Å². The fraction of sp³-hybridized carbons (Fsp3) is 0.357. The Hall–Kier alpha value is -3.25. The van der Waals surface area contributed by atoms with Gasteiger partial charge in [0, 0.05) is 5.56 Å². The SMILES string of the molecule is COc1ccc(-c2ccc(/C=N\NC(=O)COc3ccc(C(C)(C)CC(C)(C)C)cc3)o2)cc1Cl. The lowest BCUT2D eigenvalue weighted by atomic mass is 9.72. The van der Waals surface area contributed by atoms with Gasteiger partial charge in [0.2, 0.25) is 0 Å². The molecule has 0 saturated carbocycles. The molecule has 1 amide bonds. The largest absolute Gasteiger partial charge is 0.495 e. The van der Waals surface area contributed by atoms with Gasteiger partial charge >= 0.3 is 0 Å². The Morgan fingerprint density at radius 2 is 1.77 bits per heavy atom. The first-order chi connectivity index (χ1) is 16.5. The van der Waals surface area contributed by atoms with Gasteiger partial charge in [0.05, 0.1) is 18.3 Å². The summed E-state index contributed by atoms with van der Waals surface area (Å²) in [4.78, 5) is 12.1. The number of rotatable bonds is 9. The number of amides is 1. The molecule has 0 aliphatic carbocycles. The maximum atomic E-state index is 12.1. The van der Waals surface area contributed by atoms with Crippen LogP contribution in [0.4, 0.5) is 0 Å². The third kappa shape index (κ3) is 7.62. The second-order valence-corrected chi connectivity index (χ2v) is 10.7. The molecule has 2 aromatic carbocycles. The van der Waals surface area contributed by atoms with E-state index in [1.54, 1.807) is 31.4 Å². The number of nitrogens with one attached hydrogen (secondary N) is 1. The van der Waals surface area contributed by atoms with Gasteiger partial charge in [0.1, 0.15) is 23.0 Å². The number of halogens is 1. The molecule has 35 heavy (non-hydrogen) atoms. The summed E-state index contributed by atoms with van der Waals surface area (Å²) in [5, 5.41) is 4.43. The van der Waals surface area contributed by atoms with E-state index in [9.17, 15) is 4.79 Å². The number of methoxy groups -OCH3 is 1. The summed E-state index contributed by atoms with van der Waals surface area (Å²) in [7, 11) is 1.56. The summed E-state index contributed by atoms with van der Waals surface area (Å²) in [5.74, 6) is 1.97. The predicted octanol–water partition coefficient (Wildman–Crippen LogP) is 6.85. The van der Waals surface area contributed by atoms with Crippen molar-refractivity contribution < 1.29 is 18.7 Å². The molecule has 0 aliphatic rings. The molecule has 3 rings (SSSR count). The number of benzene rings is 2. The third-order valence-electron chi connectivity index (χ3n) is 5.42. The number of ether oxygens (including phenoxy) is 2. The Kier molecular flexibility index (Phi) is 8.28. The minimum absolute atomic E-state index is 0.0498. The van der Waals surface area contributed by atoms with Crippen LogP contribution in [0.15, 0.2) is 64.1 Å². The van der Waals surface area contributed by atoms with E-state index in [1.165, 1.54) is 11.8 Å². The summed E-state index contributed by atoms with van der Waals surface area (Å²) in [5.41, 5.74) is 4.77. The Labute approximate surface area is 212 Å². The van der Waals surface area contributed by atoms with Gasteiger partial charge in [-0.15, -0.1) is 0 Å². The standard InChI is InChI=1S/C28H33ClN2O4/c1-27(2,3)18-28(4,5)20-8-10-21(11-9-20)34-17-26(32)31-30-16-22-12-14-24(35-22)19-7-13-25(33-6)23(29)15-19/h7-16H,17-18H2,1-6H3,(H,31,32)/b30-16-. The summed E-state index contributed by atoms with van der Waals surface area (Å²) >= 11 is 6.18. The van der Waals surface area contributed by atoms with Gasteiger partial charge in [0.25, 0.3) is 5.91 Å². The monoisotopic (exact) mass is 496 g/mol. The van der Waals surface area contributed by atoms with Gasteiger partial charge in [-0.05, 0) is 65.3 Å². The van der Waals surface area contributed by atoms with Crippen molar-refractivity contribution >= 4 is 23.7 Å². The molecule has 7 heteroatoms. The third-order valence-corrected chi connectivity index (χ3v) is 5.72. The quantitative estimate of drug-likeness (QED) is 0.259. The fourth-order valence-electron chi connectivity index (χ4n) is 4.18. The highest BCUT2D eigenvalue weighted by atomic mass is 35.5. The smallest absolute Gasteiger partial charge is 0.277 e. The van der Waals surface area contributed by atoms with E-state index in [-0.39, 0.29) is 23.3 Å². The summed E-state index contributed by atoms with van der Waals surface area (Å²) < 4.78 is 16.5. The maximum absolute atomic E-state index is 12.1. The Morgan fingerprint density at radius 1 is 1.06 bits per heavy atom. The van der Waals surface area contributed by atoms with Crippen molar-refractivity contribution in [3.8, 4) is 22.8 Å². The van der Waals surface area contributed by atoms with Crippen molar-refractivity contribution in [2.24, 2.45) is 10.5 Å². The van der Waals surface area contributed by atoms with Gasteiger partial charge in [-0.1, -0.05) is 58.4 Å².